The van der Waals surface area contributed by atoms with Gasteiger partial charge in [0.1, 0.15) is 0 Å². The molecule has 186 valence electrons. The van der Waals surface area contributed by atoms with Crippen LogP contribution in [-0.4, -0.2) is 27.1 Å². The van der Waals surface area contributed by atoms with E-state index in [4.69, 9.17) is 11.6 Å². The summed E-state index contributed by atoms with van der Waals surface area (Å²) in [6, 6.07) is 18.7. The van der Waals surface area contributed by atoms with E-state index in [1.807, 2.05) is 37.3 Å². The molecule has 3 aromatic rings. The number of rotatable bonds is 8. The Morgan fingerprint density at radius 3 is 2.23 bits per heavy atom. The summed E-state index contributed by atoms with van der Waals surface area (Å²) in [5, 5.41) is 2.69. The number of benzene rings is 3. The second-order valence-electron chi connectivity index (χ2n) is 8.15. The highest BCUT2D eigenvalue weighted by molar-refractivity contribution is 7.92. The Morgan fingerprint density at radius 2 is 1.66 bits per heavy atom. The SMILES string of the molecule is CC(CNC(=O)c1ccc(CN(c2ccc(Cl)cc2C(F)(F)F)S(C)(=O)=O)cc1)c1ccccc1. The van der Waals surface area contributed by atoms with Crippen LogP contribution in [0.3, 0.4) is 0 Å². The first-order chi connectivity index (χ1) is 16.4. The van der Waals surface area contributed by atoms with Crippen molar-refractivity contribution in [3.05, 3.63) is 100 Å². The van der Waals surface area contributed by atoms with Gasteiger partial charge in [-0.1, -0.05) is 61.0 Å². The standard InChI is InChI=1S/C25H24ClF3N2O3S/c1-17(19-6-4-3-5-7-19)15-30-24(32)20-10-8-18(9-11-20)16-31(35(2,33)34)23-13-12-21(26)14-22(23)25(27,28)29/h3-14,17H,15-16H2,1-2H3,(H,30,32). The number of carbonyl (C=O) groups is 1. The van der Waals surface area contributed by atoms with E-state index in [1.165, 1.54) is 30.3 Å². The number of hydrogen-bond acceptors (Lipinski definition) is 3. The van der Waals surface area contributed by atoms with E-state index < -0.39 is 27.5 Å². The number of nitrogens with one attached hydrogen (secondary N) is 1. The molecular formula is C25H24ClF3N2O3S. The number of amides is 1. The molecule has 0 saturated heterocycles. The summed E-state index contributed by atoms with van der Waals surface area (Å²) in [6.45, 7) is 2.06. The maximum Gasteiger partial charge on any atom is 0.418 e. The van der Waals surface area contributed by atoms with Gasteiger partial charge >= 0.3 is 6.18 Å². The van der Waals surface area contributed by atoms with Gasteiger partial charge in [-0.3, -0.25) is 9.10 Å². The molecule has 1 unspecified atom stereocenters. The molecule has 1 amide bonds. The molecule has 0 heterocycles. The predicted octanol–water partition coefficient (Wildman–Crippen LogP) is 5.86. The highest BCUT2D eigenvalue weighted by Crippen LogP contribution is 2.39. The van der Waals surface area contributed by atoms with Crippen LogP contribution in [0, 0.1) is 0 Å². The average molecular weight is 525 g/mol. The minimum atomic E-state index is -4.80. The molecule has 0 aliphatic carbocycles. The van der Waals surface area contributed by atoms with Crippen molar-refractivity contribution >= 4 is 33.2 Å². The minimum absolute atomic E-state index is 0.102. The molecule has 0 aliphatic heterocycles. The van der Waals surface area contributed by atoms with Crippen LogP contribution in [0.4, 0.5) is 18.9 Å². The number of halogens is 4. The van der Waals surface area contributed by atoms with Gasteiger partial charge in [-0.05, 0) is 47.4 Å². The molecule has 0 aliphatic rings. The van der Waals surface area contributed by atoms with Crippen molar-refractivity contribution in [2.75, 3.05) is 17.1 Å². The Bertz CT molecular complexity index is 1280. The van der Waals surface area contributed by atoms with E-state index in [9.17, 15) is 26.4 Å². The summed E-state index contributed by atoms with van der Waals surface area (Å²) < 4.78 is 66.2. The number of alkyl halides is 3. The minimum Gasteiger partial charge on any atom is -0.351 e. The van der Waals surface area contributed by atoms with E-state index in [-0.39, 0.29) is 23.4 Å². The first-order valence-electron chi connectivity index (χ1n) is 10.6. The van der Waals surface area contributed by atoms with Gasteiger partial charge in [0.15, 0.2) is 0 Å². The van der Waals surface area contributed by atoms with Gasteiger partial charge in [0.2, 0.25) is 10.0 Å². The van der Waals surface area contributed by atoms with Crippen molar-refractivity contribution in [3.63, 3.8) is 0 Å². The number of sulfonamides is 1. The quantitative estimate of drug-likeness (QED) is 0.401. The van der Waals surface area contributed by atoms with Crippen LogP contribution in [0.15, 0.2) is 72.8 Å². The normalized spacial score (nSPS) is 12.7. The zero-order chi connectivity index (χ0) is 25.8. The molecule has 10 heteroatoms. The number of nitrogens with zero attached hydrogens (tertiary/aromatic N) is 1. The zero-order valence-corrected chi connectivity index (χ0v) is 20.6. The third-order valence-electron chi connectivity index (χ3n) is 5.41. The summed E-state index contributed by atoms with van der Waals surface area (Å²) in [4.78, 5) is 12.5. The summed E-state index contributed by atoms with van der Waals surface area (Å²) in [7, 11) is -4.07. The molecular weight excluding hydrogens is 501 g/mol. The number of hydrogen-bond donors (Lipinski definition) is 1. The topological polar surface area (TPSA) is 66.5 Å². The molecule has 0 saturated carbocycles. The number of anilines is 1. The molecule has 3 rings (SSSR count). The van der Waals surface area contributed by atoms with Crippen molar-refractivity contribution in [2.24, 2.45) is 0 Å². The fraction of sp³-hybridized carbons (Fsp3) is 0.240. The van der Waals surface area contributed by atoms with Gasteiger partial charge in [0.05, 0.1) is 24.1 Å². The zero-order valence-electron chi connectivity index (χ0n) is 19.0. The first kappa shape index (κ1) is 26.6. The fourth-order valence-corrected chi connectivity index (χ4v) is 4.58. The van der Waals surface area contributed by atoms with Crippen LogP contribution in [0.1, 0.15) is 39.9 Å². The second-order valence-corrected chi connectivity index (χ2v) is 10.5. The lowest BCUT2D eigenvalue weighted by atomic mass is 10.0. The third kappa shape index (κ3) is 6.99. The van der Waals surface area contributed by atoms with Crippen LogP contribution in [0.2, 0.25) is 5.02 Å². The lowest BCUT2D eigenvalue weighted by molar-refractivity contribution is -0.137. The molecule has 0 fully saturated rings. The van der Waals surface area contributed by atoms with Gasteiger partial charge in [-0.2, -0.15) is 13.2 Å². The van der Waals surface area contributed by atoms with Gasteiger partial charge in [-0.25, -0.2) is 8.42 Å². The maximum absolute atomic E-state index is 13.6. The van der Waals surface area contributed by atoms with E-state index in [1.54, 1.807) is 0 Å². The van der Waals surface area contributed by atoms with Crippen molar-refractivity contribution in [2.45, 2.75) is 25.6 Å². The highest BCUT2D eigenvalue weighted by atomic mass is 35.5. The predicted molar refractivity (Wildman–Crippen MR) is 131 cm³/mol. The molecule has 0 aromatic heterocycles. The van der Waals surface area contributed by atoms with Gasteiger partial charge in [-0.15, -0.1) is 0 Å². The van der Waals surface area contributed by atoms with Crippen LogP contribution in [0.5, 0.6) is 0 Å². The Balaban J connectivity index is 1.76. The molecule has 5 nitrogen and oxygen atoms in total. The summed E-state index contributed by atoms with van der Waals surface area (Å²) in [6.07, 6.45) is -3.97. The smallest absolute Gasteiger partial charge is 0.351 e. The van der Waals surface area contributed by atoms with Crippen molar-refractivity contribution in [3.8, 4) is 0 Å². The first-order valence-corrected chi connectivity index (χ1v) is 12.9. The van der Waals surface area contributed by atoms with E-state index in [0.29, 0.717) is 28.0 Å². The van der Waals surface area contributed by atoms with E-state index in [0.717, 1.165) is 17.9 Å². The fourth-order valence-electron chi connectivity index (χ4n) is 3.51. The molecule has 0 spiro atoms. The Hall–Kier alpha value is -3.04. The summed E-state index contributed by atoms with van der Waals surface area (Å²) in [5.74, 6) is -0.207. The Morgan fingerprint density at radius 1 is 1.03 bits per heavy atom. The summed E-state index contributed by atoms with van der Waals surface area (Å²) in [5.41, 5.74) is 0.166. The monoisotopic (exact) mass is 524 g/mol. The van der Waals surface area contributed by atoms with Crippen LogP contribution in [0.25, 0.3) is 0 Å². The van der Waals surface area contributed by atoms with E-state index in [2.05, 4.69) is 5.32 Å². The molecule has 35 heavy (non-hydrogen) atoms. The van der Waals surface area contributed by atoms with Crippen molar-refractivity contribution in [1.82, 2.24) is 5.32 Å². The van der Waals surface area contributed by atoms with Crippen LogP contribution < -0.4 is 9.62 Å². The highest BCUT2D eigenvalue weighted by Gasteiger charge is 2.37. The number of carbonyl (C=O) groups excluding carboxylic acids is 1. The Kier molecular flexibility index (Phi) is 8.12. The molecule has 1 atom stereocenters. The molecule has 1 N–H and O–H groups in total. The molecule has 0 radical (unpaired) electrons. The van der Waals surface area contributed by atoms with Crippen LogP contribution >= 0.6 is 11.6 Å². The van der Waals surface area contributed by atoms with Crippen molar-refractivity contribution < 1.29 is 26.4 Å². The lowest BCUT2D eigenvalue weighted by Crippen LogP contribution is -2.31. The van der Waals surface area contributed by atoms with Gasteiger partial charge in [0, 0.05) is 17.1 Å². The largest absolute Gasteiger partial charge is 0.418 e. The third-order valence-corrected chi connectivity index (χ3v) is 6.77. The molecule has 0 bridgehead atoms. The average Bonchev–Trinajstić information content (AvgIpc) is 2.80. The second kappa shape index (κ2) is 10.7. The van der Waals surface area contributed by atoms with Crippen LogP contribution in [-0.2, 0) is 22.7 Å². The molecule has 3 aromatic carbocycles. The van der Waals surface area contributed by atoms with Gasteiger partial charge in [0.25, 0.3) is 5.91 Å². The van der Waals surface area contributed by atoms with Crippen molar-refractivity contribution in [1.29, 1.82) is 0 Å². The summed E-state index contributed by atoms with van der Waals surface area (Å²) >= 11 is 5.72. The van der Waals surface area contributed by atoms with E-state index >= 15 is 0 Å². The van der Waals surface area contributed by atoms with Gasteiger partial charge < -0.3 is 5.32 Å². The lowest BCUT2D eigenvalue weighted by Gasteiger charge is -2.26. The Labute approximate surface area is 207 Å². The maximum atomic E-state index is 13.6.